The summed E-state index contributed by atoms with van der Waals surface area (Å²) in [7, 11) is 0. The molecule has 0 spiro atoms. The van der Waals surface area contributed by atoms with Crippen LogP contribution in [0.4, 0.5) is 0 Å². The molecule has 0 unspecified atom stereocenters. The Hall–Kier alpha value is -0.280. The van der Waals surface area contributed by atoms with Crippen LogP contribution in [0.1, 0.15) is 12.5 Å². The van der Waals surface area contributed by atoms with Crippen LogP contribution in [-0.4, -0.2) is 30.6 Å². The number of rotatable bonds is 2. The summed E-state index contributed by atoms with van der Waals surface area (Å²) in [5.41, 5.74) is 1.04. The van der Waals surface area contributed by atoms with Crippen molar-refractivity contribution in [2.24, 2.45) is 0 Å². The largest absolute Gasteiger partial charge is 0.312 e. The van der Waals surface area contributed by atoms with Gasteiger partial charge in [0.2, 0.25) is 0 Å². The zero-order valence-electron chi connectivity index (χ0n) is 9.34. The molecule has 1 heterocycles. The minimum Gasteiger partial charge on any atom is -0.312 e. The van der Waals surface area contributed by atoms with Gasteiger partial charge in [0.1, 0.15) is 0 Å². The van der Waals surface area contributed by atoms with Crippen molar-refractivity contribution < 1.29 is 0 Å². The zero-order valence-corrected chi connectivity index (χ0v) is 10.9. The first kappa shape index (κ1) is 12.2. The third kappa shape index (κ3) is 2.89. The van der Waals surface area contributed by atoms with Crippen molar-refractivity contribution in [1.29, 1.82) is 0 Å². The van der Waals surface area contributed by atoms with E-state index in [2.05, 4.69) is 17.1 Å². The molecule has 1 N–H and O–H groups in total. The van der Waals surface area contributed by atoms with E-state index < -0.39 is 0 Å². The highest BCUT2D eigenvalue weighted by molar-refractivity contribution is 6.35. The summed E-state index contributed by atoms with van der Waals surface area (Å²) in [6.45, 7) is 6.15. The minimum absolute atomic E-state index is 0.537. The topological polar surface area (TPSA) is 15.3 Å². The van der Waals surface area contributed by atoms with Gasteiger partial charge in [-0.25, -0.2) is 0 Å². The van der Waals surface area contributed by atoms with Crippen LogP contribution in [0, 0.1) is 0 Å². The monoisotopic (exact) mass is 258 g/mol. The van der Waals surface area contributed by atoms with E-state index in [-0.39, 0.29) is 0 Å². The van der Waals surface area contributed by atoms with E-state index in [0.717, 1.165) is 41.8 Å². The van der Waals surface area contributed by atoms with Gasteiger partial charge in [-0.05, 0) is 19.1 Å². The van der Waals surface area contributed by atoms with Crippen LogP contribution in [0.2, 0.25) is 10.0 Å². The van der Waals surface area contributed by atoms with E-state index >= 15 is 0 Å². The van der Waals surface area contributed by atoms with Gasteiger partial charge in [-0.3, -0.25) is 4.90 Å². The first-order valence-electron chi connectivity index (χ1n) is 5.55. The Labute approximate surface area is 107 Å². The van der Waals surface area contributed by atoms with Crippen molar-refractivity contribution in [3.63, 3.8) is 0 Å². The molecule has 1 aromatic rings. The second-order valence-electron chi connectivity index (χ2n) is 4.29. The third-order valence-electron chi connectivity index (χ3n) is 2.90. The lowest BCUT2D eigenvalue weighted by Crippen LogP contribution is -2.48. The maximum Gasteiger partial charge on any atom is 0.0465 e. The summed E-state index contributed by atoms with van der Waals surface area (Å²) in [6.07, 6.45) is 0. The average Bonchev–Trinajstić information content (AvgIpc) is 2.24. The van der Waals surface area contributed by atoms with Crippen LogP contribution < -0.4 is 5.32 Å². The molecule has 88 valence electrons. The highest BCUT2D eigenvalue weighted by Crippen LogP contribution is 2.25. The van der Waals surface area contributed by atoms with Gasteiger partial charge in [0.25, 0.3) is 0 Å². The molecule has 4 heteroatoms. The maximum atomic E-state index is 6.16. The molecule has 16 heavy (non-hydrogen) atoms. The van der Waals surface area contributed by atoms with E-state index in [4.69, 9.17) is 23.2 Å². The van der Waals surface area contributed by atoms with Crippen LogP contribution in [0.25, 0.3) is 0 Å². The molecule has 0 amide bonds. The number of halogens is 2. The fraction of sp³-hybridized carbons (Fsp3) is 0.500. The summed E-state index contributed by atoms with van der Waals surface area (Å²) < 4.78 is 0. The Balaban J connectivity index is 2.08. The van der Waals surface area contributed by atoms with E-state index in [1.165, 1.54) is 0 Å². The predicted molar refractivity (Wildman–Crippen MR) is 69.2 cm³/mol. The molecule has 1 aliphatic heterocycles. The number of piperazine rings is 1. The molecular weight excluding hydrogens is 243 g/mol. The second-order valence-corrected chi connectivity index (χ2v) is 5.10. The van der Waals surface area contributed by atoms with Gasteiger partial charge < -0.3 is 5.32 Å². The SMILES string of the molecule is C[C@H]1CN(Cc2c(Cl)cccc2Cl)CCN1. The van der Waals surface area contributed by atoms with Crippen molar-refractivity contribution in [3.05, 3.63) is 33.8 Å². The molecular formula is C12H16Cl2N2. The van der Waals surface area contributed by atoms with E-state index in [0.29, 0.717) is 6.04 Å². The lowest BCUT2D eigenvalue weighted by atomic mass is 10.1. The molecule has 1 aromatic carbocycles. The molecule has 0 bridgehead atoms. The van der Waals surface area contributed by atoms with E-state index in [9.17, 15) is 0 Å². The molecule has 1 atom stereocenters. The van der Waals surface area contributed by atoms with Crippen molar-refractivity contribution in [2.45, 2.75) is 19.5 Å². The molecule has 2 nitrogen and oxygen atoms in total. The smallest absolute Gasteiger partial charge is 0.0465 e. The van der Waals surface area contributed by atoms with E-state index in [1.54, 1.807) is 0 Å². The van der Waals surface area contributed by atoms with E-state index in [1.807, 2.05) is 18.2 Å². The molecule has 1 aliphatic rings. The zero-order chi connectivity index (χ0) is 11.5. The van der Waals surface area contributed by atoms with Crippen LogP contribution in [0.15, 0.2) is 18.2 Å². The predicted octanol–water partition coefficient (Wildman–Crippen LogP) is 2.79. The summed E-state index contributed by atoms with van der Waals surface area (Å²) in [5, 5.41) is 4.94. The minimum atomic E-state index is 0.537. The average molecular weight is 259 g/mol. The van der Waals surface area contributed by atoms with Gasteiger partial charge in [0.15, 0.2) is 0 Å². The summed E-state index contributed by atoms with van der Waals surface area (Å²) in [6, 6.07) is 6.21. The molecule has 0 aromatic heterocycles. The van der Waals surface area contributed by atoms with Crippen LogP contribution >= 0.6 is 23.2 Å². The van der Waals surface area contributed by atoms with Crippen molar-refractivity contribution in [1.82, 2.24) is 10.2 Å². The number of hydrogen-bond donors (Lipinski definition) is 1. The van der Waals surface area contributed by atoms with Gasteiger partial charge in [-0.1, -0.05) is 29.3 Å². The lowest BCUT2D eigenvalue weighted by molar-refractivity contribution is 0.200. The lowest BCUT2D eigenvalue weighted by Gasteiger charge is -2.32. The van der Waals surface area contributed by atoms with Gasteiger partial charge in [-0.15, -0.1) is 0 Å². The molecule has 1 fully saturated rings. The number of nitrogens with zero attached hydrogens (tertiary/aromatic N) is 1. The van der Waals surface area contributed by atoms with Crippen molar-refractivity contribution >= 4 is 23.2 Å². The number of hydrogen-bond acceptors (Lipinski definition) is 2. The van der Waals surface area contributed by atoms with Crippen LogP contribution in [0.3, 0.4) is 0 Å². The number of benzene rings is 1. The maximum absolute atomic E-state index is 6.16. The normalized spacial score (nSPS) is 22.3. The van der Waals surface area contributed by atoms with Crippen molar-refractivity contribution in [2.75, 3.05) is 19.6 Å². The molecule has 0 saturated carbocycles. The standard InChI is InChI=1S/C12H16Cl2N2/c1-9-7-16(6-5-15-9)8-10-11(13)3-2-4-12(10)14/h2-4,9,15H,5-8H2,1H3/t9-/m0/s1. The Kier molecular flexibility index (Phi) is 4.09. The summed E-state index contributed by atoms with van der Waals surface area (Å²) >= 11 is 12.3. The Morgan fingerprint density at radius 1 is 1.38 bits per heavy atom. The highest BCUT2D eigenvalue weighted by Gasteiger charge is 2.17. The van der Waals surface area contributed by atoms with Crippen molar-refractivity contribution in [3.8, 4) is 0 Å². The fourth-order valence-electron chi connectivity index (χ4n) is 2.06. The second kappa shape index (κ2) is 5.37. The molecule has 1 saturated heterocycles. The first-order chi connectivity index (χ1) is 7.66. The molecule has 0 aliphatic carbocycles. The molecule has 2 rings (SSSR count). The number of nitrogens with one attached hydrogen (secondary N) is 1. The fourth-order valence-corrected chi connectivity index (χ4v) is 2.58. The van der Waals surface area contributed by atoms with Gasteiger partial charge in [0.05, 0.1) is 0 Å². The van der Waals surface area contributed by atoms with Gasteiger partial charge in [-0.2, -0.15) is 0 Å². The van der Waals surface area contributed by atoms with Gasteiger partial charge >= 0.3 is 0 Å². The van der Waals surface area contributed by atoms with Gasteiger partial charge in [0, 0.05) is 47.8 Å². The Morgan fingerprint density at radius 3 is 2.69 bits per heavy atom. The van der Waals surface area contributed by atoms with Crippen LogP contribution in [0.5, 0.6) is 0 Å². The Morgan fingerprint density at radius 2 is 2.06 bits per heavy atom. The molecule has 0 radical (unpaired) electrons. The first-order valence-corrected chi connectivity index (χ1v) is 6.31. The highest BCUT2D eigenvalue weighted by atomic mass is 35.5. The Bertz CT molecular complexity index is 348. The third-order valence-corrected chi connectivity index (χ3v) is 3.60. The van der Waals surface area contributed by atoms with Crippen LogP contribution in [-0.2, 0) is 6.54 Å². The summed E-state index contributed by atoms with van der Waals surface area (Å²) in [5.74, 6) is 0. The quantitative estimate of drug-likeness (QED) is 0.878. The summed E-state index contributed by atoms with van der Waals surface area (Å²) in [4.78, 5) is 2.38.